The predicted molar refractivity (Wildman–Crippen MR) is 101 cm³/mol. The number of anilines is 1. The lowest BCUT2D eigenvalue weighted by Gasteiger charge is -2.16. The summed E-state index contributed by atoms with van der Waals surface area (Å²) in [5.41, 5.74) is 2.86. The second kappa shape index (κ2) is 6.88. The standard InChI is InChI=1S/C20H18N2O3S/c1-13-6-8-15(9-7-13)22-11-14(10-19(22)23)20(24)25-12-18-21-16-4-2-3-5-17(16)26-18/h2-9,14H,10-12H2,1H3/t14-/m0/s1. The highest BCUT2D eigenvalue weighted by molar-refractivity contribution is 7.18. The predicted octanol–water partition coefficient (Wildman–Crippen LogP) is 3.70. The Morgan fingerprint density at radius 3 is 2.77 bits per heavy atom. The number of nitrogens with zero attached hydrogens (tertiary/aromatic N) is 2. The van der Waals surface area contributed by atoms with Crippen LogP contribution in [-0.4, -0.2) is 23.4 Å². The van der Waals surface area contributed by atoms with Crippen molar-refractivity contribution in [3.8, 4) is 0 Å². The first-order chi connectivity index (χ1) is 12.6. The summed E-state index contributed by atoms with van der Waals surface area (Å²) < 4.78 is 6.49. The maximum absolute atomic E-state index is 12.4. The first-order valence-electron chi connectivity index (χ1n) is 8.48. The lowest BCUT2D eigenvalue weighted by molar-refractivity contribution is -0.149. The lowest BCUT2D eigenvalue weighted by Crippen LogP contribution is -2.26. The van der Waals surface area contributed by atoms with E-state index in [0.29, 0.717) is 6.54 Å². The fraction of sp³-hybridized carbons (Fsp3) is 0.250. The van der Waals surface area contributed by atoms with Crippen LogP contribution in [0.25, 0.3) is 10.2 Å². The molecule has 2 heterocycles. The molecule has 5 nitrogen and oxygen atoms in total. The van der Waals surface area contributed by atoms with Gasteiger partial charge in [-0.05, 0) is 31.2 Å². The SMILES string of the molecule is Cc1ccc(N2C[C@@H](C(=O)OCc3nc4ccccc4s3)CC2=O)cc1. The van der Waals surface area contributed by atoms with E-state index in [9.17, 15) is 9.59 Å². The molecule has 0 radical (unpaired) electrons. The molecule has 0 N–H and O–H groups in total. The van der Waals surface area contributed by atoms with Gasteiger partial charge in [-0.3, -0.25) is 9.59 Å². The fourth-order valence-corrected chi connectivity index (χ4v) is 3.95. The third kappa shape index (κ3) is 3.32. The van der Waals surface area contributed by atoms with E-state index in [2.05, 4.69) is 4.98 Å². The van der Waals surface area contributed by atoms with Crippen LogP contribution < -0.4 is 4.90 Å². The molecule has 1 amide bonds. The molecule has 0 spiro atoms. The molecule has 1 saturated heterocycles. The van der Waals surface area contributed by atoms with Crippen molar-refractivity contribution in [2.75, 3.05) is 11.4 Å². The van der Waals surface area contributed by atoms with Crippen molar-refractivity contribution in [1.82, 2.24) is 4.98 Å². The van der Waals surface area contributed by atoms with Crippen LogP contribution in [0.1, 0.15) is 17.0 Å². The number of amides is 1. The zero-order chi connectivity index (χ0) is 18.1. The Morgan fingerprint density at radius 2 is 2.00 bits per heavy atom. The van der Waals surface area contributed by atoms with Crippen molar-refractivity contribution in [2.45, 2.75) is 20.0 Å². The molecule has 1 aromatic heterocycles. The fourth-order valence-electron chi connectivity index (χ4n) is 3.07. The van der Waals surface area contributed by atoms with Gasteiger partial charge in [-0.2, -0.15) is 0 Å². The molecule has 1 aliphatic heterocycles. The quantitative estimate of drug-likeness (QED) is 0.661. The molecule has 4 rings (SSSR count). The van der Waals surface area contributed by atoms with Gasteiger partial charge in [-0.15, -0.1) is 11.3 Å². The van der Waals surface area contributed by atoms with E-state index in [1.165, 1.54) is 11.3 Å². The summed E-state index contributed by atoms with van der Waals surface area (Å²) in [5, 5.41) is 0.763. The Hall–Kier alpha value is -2.73. The van der Waals surface area contributed by atoms with Crippen LogP contribution >= 0.6 is 11.3 Å². The van der Waals surface area contributed by atoms with Gasteiger partial charge in [0.15, 0.2) is 0 Å². The van der Waals surface area contributed by atoms with Crippen molar-refractivity contribution in [1.29, 1.82) is 0 Å². The second-order valence-corrected chi connectivity index (χ2v) is 7.54. The van der Waals surface area contributed by atoms with Crippen LogP contribution in [0.3, 0.4) is 0 Å². The molecule has 1 atom stereocenters. The number of fused-ring (bicyclic) bond motifs is 1. The average molecular weight is 366 g/mol. The number of ether oxygens (including phenoxy) is 1. The third-order valence-corrected chi connectivity index (χ3v) is 5.49. The molecular weight excluding hydrogens is 348 g/mol. The van der Waals surface area contributed by atoms with Crippen LogP contribution in [0, 0.1) is 12.8 Å². The van der Waals surface area contributed by atoms with Crippen molar-refractivity contribution < 1.29 is 14.3 Å². The highest BCUT2D eigenvalue weighted by atomic mass is 32.1. The van der Waals surface area contributed by atoms with Gasteiger partial charge in [0, 0.05) is 18.7 Å². The first kappa shape index (κ1) is 16.7. The number of aryl methyl sites for hydroxylation is 1. The lowest BCUT2D eigenvalue weighted by atomic mass is 10.1. The normalized spacial score (nSPS) is 17.0. The van der Waals surface area contributed by atoms with Crippen molar-refractivity contribution in [3.63, 3.8) is 0 Å². The Morgan fingerprint density at radius 1 is 1.23 bits per heavy atom. The Bertz CT molecular complexity index is 932. The van der Waals surface area contributed by atoms with E-state index in [4.69, 9.17) is 4.74 Å². The monoisotopic (exact) mass is 366 g/mol. The largest absolute Gasteiger partial charge is 0.458 e. The number of thiazole rings is 1. The van der Waals surface area contributed by atoms with E-state index >= 15 is 0 Å². The van der Waals surface area contributed by atoms with Crippen molar-refractivity contribution in [2.24, 2.45) is 5.92 Å². The number of esters is 1. The maximum Gasteiger partial charge on any atom is 0.311 e. The van der Waals surface area contributed by atoms with E-state index in [1.54, 1.807) is 4.90 Å². The number of hydrogen-bond acceptors (Lipinski definition) is 5. The van der Waals surface area contributed by atoms with Crippen LogP contribution in [0.5, 0.6) is 0 Å². The van der Waals surface area contributed by atoms with Crippen LogP contribution in [0.4, 0.5) is 5.69 Å². The number of benzene rings is 2. The summed E-state index contributed by atoms with van der Waals surface area (Å²) in [6.07, 6.45) is 0.187. The van der Waals surface area contributed by atoms with E-state index in [1.807, 2.05) is 55.5 Å². The number of aromatic nitrogens is 1. The molecule has 0 aliphatic carbocycles. The zero-order valence-electron chi connectivity index (χ0n) is 14.3. The highest BCUT2D eigenvalue weighted by Gasteiger charge is 2.36. The number of carbonyl (C=O) groups excluding carboxylic acids is 2. The molecule has 1 fully saturated rings. The molecule has 3 aromatic rings. The van der Waals surface area contributed by atoms with Gasteiger partial charge in [0.25, 0.3) is 0 Å². The first-order valence-corrected chi connectivity index (χ1v) is 9.30. The maximum atomic E-state index is 12.4. The Kier molecular flexibility index (Phi) is 4.42. The number of hydrogen-bond donors (Lipinski definition) is 0. The number of carbonyl (C=O) groups is 2. The Balaban J connectivity index is 1.39. The summed E-state index contributed by atoms with van der Waals surface area (Å²) in [6.45, 7) is 2.51. The summed E-state index contributed by atoms with van der Waals surface area (Å²) in [4.78, 5) is 30.8. The van der Waals surface area contributed by atoms with Gasteiger partial charge < -0.3 is 9.64 Å². The molecule has 132 valence electrons. The van der Waals surface area contributed by atoms with E-state index in [0.717, 1.165) is 26.5 Å². The highest BCUT2D eigenvalue weighted by Crippen LogP contribution is 2.27. The van der Waals surface area contributed by atoms with Crippen molar-refractivity contribution in [3.05, 3.63) is 59.1 Å². The van der Waals surface area contributed by atoms with Gasteiger partial charge in [-0.25, -0.2) is 4.98 Å². The molecule has 0 bridgehead atoms. The summed E-state index contributed by atoms with van der Waals surface area (Å²) >= 11 is 1.52. The second-order valence-electron chi connectivity index (χ2n) is 6.42. The minimum Gasteiger partial charge on any atom is -0.458 e. The van der Waals surface area contributed by atoms with Crippen LogP contribution in [-0.2, 0) is 20.9 Å². The van der Waals surface area contributed by atoms with E-state index in [-0.39, 0.29) is 24.9 Å². The van der Waals surface area contributed by atoms with Gasteiger partial charge in [0.2, 0.25) is 5.91 Å². The smallest absolute Gasteiger partial charge is 0.311 e. The molecule has 1 aliphatic rings. The summed E-state index contributed by atoms with van der Waals surface area (Å²) in [7, 11) is 0. The van der Waals surface area contributed by atoms with Crippen LogP contribution in [0.2, 0.25) is 0 Å². The molecule has 0 unspecified atom stereocenters. The van der Waals surface area contributed by atoms with Gasteiger partial charge in [-0.1, -0.05) is 29.8 Å². The van der Waals surface area contributed by atoms with Gasteiger partial charge in [0.1, 0.15) is 11.6 Å². The topological polar surface area (TPSA) is 59.5 Å². The van der Waals surface area contributed by atoms with Crippen molar-refractivity contribution >= 4 is 39.1 Å². The van der Waals surface area contributed by atoms with Gasteiger partial charge >= 0.3 is 5.97 Å². The number of para-hydroxylation sites is 1. The minimum absolute atomic E-state index is 0.0456. The molecule has 6 heteroatoms. The van der Waals surface area contributed by atoms with E-state index < -0.39 is 5.92 Å². The summed E-state index contributed by atoms with van der Waals surface area (Å²) in [5.74, 6) is -0.818. The molecule has 26 heavy (non-hydrogen) atoms. The molecular formula is C20H18N2O3S. The third-order valence-electron chi connectivity index (χ3n) is 4.48. The molecule has 2 aromatic carbocycles. The number of rotatable bonds is 4. The molecule has 0 saturated carbocycles. The average Bonchev–Trinajstić information content (AvgIpc) is 3.23. The Labute approximate surface area is 155 Å². The summed E-state index contributed by atoms with van der Waals surface area (Å²) in [6, 6.07) is 15.5. The van der Waals surface area contributed by atoms with Crippen LogP contribution in [0.15, 0.2) is 48.5 Å². The zero-order valence-corrected chi connectivity index (χ0v) is 15.2. The minimum atomic E-state index is -0.432. The van der Waals surface area contributed by atoms with Gasteiger partial charge in [0.05, 0.1) is 16.1 Å².